The Bertz CT molecular complexity index is 291. The lowest BCUT2D eigenvalue weighted by Crippen LogP contribution is -2.17. The Kier molecular flexibility index (Phi) is 1.99. The van der Waals surface area contributed by atoms with Gasteiger partial charge in [-0.1, -0.05) is 6.08 Å². The molecular weight excluding hydrogens is 166 g/mol. The Morgan fingerprint density at radius 1 is 1.64 bits per heavy atom. The number of hydrogen-bond donors (Lipinski definition) is 1. The molecule has 1 aliphatic heterocycles. The van der Waals surface area contributed by atoms with E-state index in [1.165, 1.54) is 6.08 Å². The summed E-state index contributed by atoms with van der Waals surface area (Å²) in [5.74, 6) is -0.648. The average Bonchev–Trinajstić information content (AvgIpc) is 2.08. The van der Waals surface area contributed by atoms with Crippen molar-refractivity contribution in [2.24, 2.45) is 11.7 Å². The minimum atomic E-state index is -3.03. The van der Waals surface area contributed by atoms with Crippen molar-refractivity contribution in [1.82, 2.24) is 0 Å². The van der Waals surface area contributed by atoms with Gasteiger partial charge in [0.25, 0.3) is 0 Å². The molecule has 0 aromatic heterocycles. The highest BCUT2D eigenvalue weighted by molar-refractivity contribution is 7.94. The number of hydrogen-bond acceptors (Lipinski definition) is 3. The van der Waals surface area contributed by atoms with Gasteiger partial charge in [-0.3, -0.25) is 4.79 Å². The maximum absolute atomic E-state index is 10.8. The third-order valence-electron chi connectivity index (χ3n) is 1.47. The largest absolute Gasteiger partial charge is 0.370 e. The third-order valence-corrected chi connectivity index (χ3v) is 2.93. The molecule has 0 radical (unpaired) electrons. The molecule has 1 rings (SSSR count). The number of nitrogens with two attached hydrogens (primary N) is 1. The molecule has 0 aliphatic carbocycles. The van der Waals surface area contributed by atoms with Crippen LogP contribution in [-0.4, -0.2) is 20.1 Å². The van der Waals surface area contributed by atoms with Gasteiger partial charge in [-0.2, -0.15) is 0 Å². The average molecular weight is 175 g/mol. The highest BCUT2D eigenvalue weighted by Gasteiger charge is 2.22. The normalized spacial score (nSPS) is 27.1. The van der Waals surface area contributed by atoms with E-state index in [1.807, 2.05) is 0 Å². The van der Waals surface area contributed by atoms with Gasteiger partial charge in [0.05, 0.1) is 5.75 Å². The minimum Gasteiger partial charge on any atom is -0.370 e. The van der Waals surface area contributed by atoms with Gasteiger partial charge in [-0.25, -0.2) is 8.42 Å². The van der Waals surface area contributed by atoms with Crippen LogP contribution in [0.2, 0.25) is 0 Å². The van der Waals surface area contributed by atoms with Crippen LogP contribution in [0.15, 0.2) is 11.5 Å². The van der Waals surface area contributed by atoms with Crippen LogP contribution < -0.4 is 5.73 Å². The fourth-order valence-corrected chi connectivity index (χ4v) is 2.42. The summed E-state index contributed by atoms with van der Waals surface area (Å²) in [6.45, 7) is 0. The van der Waals surface area contributed by atoms with E-state index >= 15 is 0 Å². The second kappa shape index (κ2) is 2.65. The highest BCUT2D eigenvalue weighted by Crippen LogP contribution is 2.17. The van der Waals surface area contributed by atoms with Gasteiger partial charge in [0.1, 0.15) is 0 Å². The van der Waals surface area contributed by atoms with Gasteiger partial charge in [0, 0.05) is 17.7 Å². The molecule has 2 N–H and O–H groups in total. The second-order valence-electron chi connectivity index (χ2n) is 2.59. The lowest BCUT2D eigenvalue weighted by atomic mass is 10.1. The number of primary amides is 1. The number of rotatable bonds is 2. The van der Waals surface area contributed by atoms with Gasteiger partial charge in [0.2, 0.25) is 5.91 Å². The number of carbonyl (C=O) groups excluding carboxylic acids is 1. The first kappa shape index (κ1) is 8.26. The highest BCUT2D eigenvalue weighted by atomic mass is 32.2. The standard InChI is InChI=1S/C6H9NO3S/c7-6(8)3-5-1-2-11(9,10)4-5/h1-2,5H,3-4H2,(H2,7,8). The molecule has 0 aromatic carbocycles. The van der Waals surface area contributed by atoms with Crippen LogP contribution >= 0.6 is 0 Å². The molecule has 0 aromatic rings. The molecule has 11 heavy (non-hydrogen) atoms. The Balaban J connectivity index is 2.58. The van der Waals surface area contributed by atoms with Crippen molar-refractivity contribution in [3.8, 4) is 0 Å². The monoisotopic (exact) mass is 175 g/mol. The van der Waals surface area contributed by atoms with Crippen molar-refractivity contribution in [2.75, 3.05) is 5.75 Å². The van der Waals surface area contributed by atoms with Crippen LogP contribution in [0.3, 0.4) is 0 Å². The third kappa shape index (κ3) is 2.34. The molecule has 1 heterocycles. The van der Waals surface area contributed by atoms with Crippen LogP contribution in [-0.2, 0) is 14.6 Å². The predicted octanol–water partition coefficient (Wildman–Crippen LogP) is -0.580. The van der Waals surface area contributed by atoms with Crippen molar-refractivity contribution in [1.29, 1.82) is 0 Å². The first-order chi connectivity index (χ1) is 4.99. The minimum absolute atomic E-state index is 0.0237. The van der Waals surface area contributed by atoms with Gasteiger partial charge in [-0.05, 0) is 0 Å². The Hall–Kier alpha value is -0.840. The number of carbonyl (C=O) groups is 1. The zero-order chi connectivity index (χ0) is 8.48. The van der Waals surface area contributed by atoms with Crippen LogP contribution in [0, 0.1) is 5.92 Å². The maximum atomic E-state index is 10.8. The lowest BCUT2D eigenvalue weighted by molar-refractivity contribution is -0.118. The Morgan fingerprint density at radius 2 is 2.27 bits per heavy atom. The Labute approximate surface area is 65.0 Å². The zero-order valence-corrected chi connectivity index (χ0v) is 6.67. The summed E-state index contributed by atoms with van der Waals surface area (Å²) in [5, 5.41) is 1.14. The first-order valence-corrected chi connectivity index (χ1v) is 4.90. The summed E-state index contributed by atoms with van der Waals surface area (Å²) in [4.78, 5) is 10.4. The molecule has 4 nitrogen and oxygen atoms in total. The maximum Gasteiger partial charge on any atom is 0.218 e. The second-order valence-corrected chi connectivity index (χ2v) is 4.52. The van der Waals surface area contributed by atoms with E-state index in [1.54, 1.807) is 0 Å². The first-order valence-electron chi connectivity index (χ1n) is 3.19. The van der Waals surface area contributed by atoms with Crippen molar-refractivity contribution in [2.45, 2.75) is 6.42 Å². The molecule has 1 atom stereocenters. The van der Waals surface area contributed by atoms with Gasteiger partial charge in [-0.15, -0.1) is 0 Å². The molecule has 0 fully saturated rings. The van der Waals surface area contributed by atoms with Crippen molar-refractivity contribution in [3.05, 3.63) is 11.5 Å². The fraction of sp³-hybridized carbons (Fsp3) is 0.500. The molecule has 0 saturated heterocycles. The van der Waals surface area contributed by atoms with Gasteiger partial charge >= 0.3 is 0 Å². The molecular formula is C6H9NO3S. The van der Waals surface area contributed by atoms with E-state index in [0.717, 1.165) is 5.41 Å². The molecule has 1 amide bonds. The van der Waals surface area contributed by atoms with E-state index in [0.29, 0.717) is 0 Å². The van der Waals surface area contributed by atoms with Crippen molar-refractivity contribution >= 4 is 15.7 Å². The predicted molar refractivity (Wildman–Crippen MR) is 40.2 cm³/mol. The van der Waals surface area contributed by atoms with Gasteiger partial charge < -0.3 is 5.73 Å². The summed E-state index contributed by atoms with van der Waals surface area (Å²) in [6.07, 6.45) is 1.63. The summed E-state index contributed by atoms with van der Waals surface area (Å²) >= 11 is 0. The number of allylic oxidation sites excluding steroid dienone is 1. The number of amides is 1. The van der Waals surface area contributed by atoms with E-state index in [9.17, 15) is 13.2 Å². The van der Waals surface area contributed by atoms with E-state index in [-0.39, 0.29) is 18.1 Å². The molecule has 5 heteroatoms. The molecule has 0 spiro atoms. The van der Waals surface area contributed by atoms with E-state index in [2.05, 4.69) is 0 Å². The quantitative estimate of drug-likeness (QED) is 0.610. The van der Waals surface area contributed by atoms with E-state index in [4.69, 9.17) is 5.73 Å². The summed E-state index contributed by atoms with van der Waals surface area (Å²) < 4.78 is 21.6. The van der Waals surface area contributed by atoms with E-state index < -0.39 is 15.7 Å². The smallest absolute Gasteiger partial charge is 0.218 e. The molecule has 0 saturated carbocycles. The topological polar surface area (TPSA) is 77.2 Å². The van der Waals surface area contributed by atoms with Crippen LogP contribution in [0.25, 0.3) is 0 Å². The summed E-state index contributed by atoms with van der Waals surface area (Å²) in [5.41, 5.74) is 4.89. The molecule has 0 bridgehead atoms. The Morgan fingerprint density at radius 3 is 2.64 bits per heavy atom. The zero-order valence-electron chi connectivity index (χ0n) is 5.86. The number of sulfone groups is 1. The van der Waals surface area contributed by atoms with Crippen LogP contribution in [0.4, 0.5) is 0 Å². The summed E-state index contributed by atoms with van der Waals surface area (Å²) in [6, 6.07) is 0. The summed E-state index contributed by atoms with van der Waals surface area (Å²) in [7, 11) is -3.03. The van der Waals surface area contributed by atoms with Crippen LogP contribution in [0.1, 0.15) is 6.42 Å². The van der Waals surface area contributed by atoms with Crippen molar-refractivity contribution < 1.29 is 13.2 Å². The molecule has 1 aliphatic rings. The fourth-order valence-electron chi connectivity index (χ4n) is 1.03. The van der Waals surface area contributed by atoms with Gasteiger partial charge in [0.15, 0.2) is 9.84 Å². The lowest BCUT2D eigenvalue weighted by Gasteiger charge is -2.00. The molecule has 1 unspecified atom stereocenters. The van der Waals surface area contributed by atoms with Crippen molar-refractivity contribution in [3.63, 3.8) is 0 Å². The molecule has 62 valence electrons. The van der Waals surface area contributed by atoms with Crippen LogP contribution in [0.5, 0.6) is 0 Å². The SMILES string of the molecule is NC(=O)CC1C=CS(=O)(=O)C1.